The highest BCUT2D eigenvalue weighted by atomic mass is 16.5. The number of likely N-dealkylation sites (tertiary alicyclic amines) is 1. The quantitative estimate of drug-likeness (QED) is 0.848. The van der Waals surface area contributed by atoms with E-state index in [-0.39, 0.29) is 11.9 Å². The van der Waals surface area contributed by atoms with Crippen molar-refractivity contribution in [3.05, 3.63) is 47.3 Å². The normalized spacial score (nSPS) is 17.3. The van der Waals surface area contributed by atoms with Gasteiger partial charge in [-0.2, -0.15) is 5.10 Å². The Labute approximate surface area is 143 Å². The number of hydrogen-bond acceptors (Lipinski definition) is 3. The lowest BCUT2D eigenvalue weighted by Crippen LogP contribution is -2.39. The summed E-state index contributed by atoms with van der Waals surface area (Å²) in [5.41, 5.74) is 3.21. The summed E-state index contributed by atoms with van der Waals surface area (Å²) in [5.74, 6) is 1.01. The van der Waals surface area contributed by atoms with Crippen molar-refractivity contribution in [3.8, 4) is 5.75 Å². The van der Waals surface area contributed by atoms with Gasteiger partial charge in [-0.15, -0.1) is 0 Å². The predicted octanol–water partition coefficient (Wildman–Crippen LogP) is 2.74. The predicted molar refractivity (Wildman–Crippen MR) is 93.1 cm³/mol. The van der Waals surface area contributed by atoms with Gasteiger partial charge < -0.3 is 9.64 Å². The van der Waals surface area contributed by atoms with Crippen molar-refractivity contribution < 1.29 is 9.53 Å². The Bertz CT molecular complexity index is 706. The third kappa shape index (κ3) is 3.61. The highest BCUT2D eigenvalue weighted by Gasteiger charge is 2.29. The van der Waals surface area contributed by atoms with Gasteiger partial charge in [0.05, 0.1) is 31.8 Å². The van der Waals surface area contributed by atoms with Crippen molar-refractivity contribution in [2.45, 2.75) is 45.7 Å². The van der Waals surface area contributed by atoms with Gasteiger partial charge in [0.25, 0.3) is 0 Å². The van der Waals surface area contributed by atoms with E-state index in [1.54, 1.807) is 7.11 Å². The van der Waals surface area contributed by atoms with Crippen LogP contribution in [0.2, 0.25) is 0 Å². The van der Waals surface area contributed by atoms with Crippen LogP contribution in [-0.2, 0) is 17.8 Å². The van der Waals surface area contributed by atoms with Crippen LogP contribution in [-0.4, -0.2) is 40.3 Å². The van der Waals surface area contributed by atoms with Crippen molar-refractivity contribution in [2.75, 3.05) is 13.7 Å². The van der Waals surface area contributed by atoms with E-state index in [1.165, 1.54) is 0 Å². The Kier molecular flexibility index (Phi) is 4.88. The molecule has 5 heteroatoms. The lowest BCUT2D eigenvalue weighted by atomic mass is 10.1. The summed E-state index contributed by atoms with van der Waals surface area (Å²) < 4.78 is 7.19. The van der Waals surface area contributed by atoms with E-state index in [2.05, 4.69) is 18.1 Å². The second-order valence-electron chi connectivity index (χ2n) is 6.52. The van der Waals surface area contributed by atoms with Crippen LogP contribution in [0, 0.1) is 13.8 Å². The third-order valence-corrected chi connectivity index (χ3v) is 4.70. The Morgan fingerprint density at radius 1 is 1.29 bits per heavy atom. The third-order valence-electron chi connectivity index (χ3n) is 4.70. The topological polar surface area (TPSA) is 47.4 Å². The van der Waals surface area contributed by atoms with Gasteiger partial charge in [-0.1, -0.05) is 12.1 Å². The van der Waals surface area contributed by atoms with Gasteiger partial charge in [-0.05, 0) is 50.5 Å². The Balaban J connectivity index is 1.65. The average molecular weight is 327 g/mol. The first kappa shape index (κ1) is 16.6. The largest absolute Gasteiger partial charge is 0.497 e. The lowest BCUT2D eigenvalue weighted by molar-refractivity contribution is -0.131. The number of methoxy groups -OCH3 is 1. The van der Waals surface area contributed by atoms with Gasteiger partial charge in [-0.25, -0.2) is 0 Å². The standard InChI is InChI=1S/C19H25N3O2/c1-14-11-15(2)22(20-14)13-17-5-4-10-21(17)19(23)12-16-6-8-18(24-3)9-7-16/h6-9,11,17H,4-5,10,12-13H2,1-3H3/t17-/m0/s1. The van der Waals surface area contributed by atoms with Crippen molar-refractivity contribution in [3.63, 3.8) is 0 Å². The molecule has 1 aromatic carbocycles. The number of ether oxygens (including phenoxy) is 1. The van der Waals surface area contributed by atoms with E-state index in [0.29, 0.717) is 6.42 Å². The molecule has 1 aromatic heterocycles. The molecule has 1 amide bonds. The number of amides is 1. The molecule has 128 valence electrons. The van der Waals surface area contributed by atoms with E-state index in [1.807, 2.05) is 40.8 Å². The minimum absolute atomic E-state index is 0.198. The Hall–Kier alpha value is -2.30. The molecule has 1 aliphatic rings. The van der Waals surface area contributed by atoms with E-state index in [4.69, 9.17) is 4.74 Å². The highest BCUT2D eigenvalue weighted by molar-refractivity contribution is 5.79. The molecule has 0 radical (unpaired) electrons. The fourth-order valence-electron chi connectivity index (χ4n) is 3.43. The van der Waals surface area contributed by atoms with Crippen LogP contribution in [0.5, 0.6) is 5.75 Å². The molecule has 5 nitrogen and oxygen atoms in total. The van der Waals surface area contributed by atoms with Gasteiger partial charge >= 0.3 is 0 Å². The SMILES string of the molecule is COc1ccc(CC(=O)N2CCC[C@H]2Cn2nc(C)cc2C)cc1. The first-order valence-electron chi connectivity index (χ1n) is 8.50. The van der Waals surface area contributed by atoms with Gasteiger partial charge in [0.2, 0.25) is 5.91 Å². The average Bonchev–Trinajstić information content (AvgIpc) is 3.15. The summed E-state index contributed by atoms with van der Waals surface area (Å²) in [6.07, 6.45) is 2.56. The highest BCUT2D eigenvalue weighted by Crippen LogP contribution is 2.21. The maximum Gasteiger partial charge on any atom is 0.227 e. The van der Waals surface area contributed by atoms with Crippen LogP contribution in [0.15, 0.2) is 30.3 Å². The molecule has 1 fully saturated rings. The van der Waals surface area contributed by atoms with Gasteiger partial charge in [-0.3, -0.25) is 9.48 Å². The van der Waals surface area contributed by atoms with Crippen LogP contribution in [0.4, 0.5) is 0 Å². The maximum absolute atomic E-state index is 12.7. The first-order chi connectivity index (χ1) is 11.6. The van der Waals surface area contributed by atoms with Crippen LogP contribution in [0.1, 0.15) is 29.8 Å². The number of carbonyl (C=O) groups is 1. The van der Waals surface area contributed by atoms with Crippen molar-refractivity contribution >= 4 is 5.91 Å². The fourth-order valence-corrected chi connectivity index (χ4v) is 3.43. The Morgan fingerprint density at radius 3 is 2.67 bits per heavy atom. The fraction of sp³-hybridized carbons (Fsp3) is 0.474. The van der Waals surface area contributed by atoms with Gasteiger partial charge in [0.15, 0.2) is 0 Å². The number of aryl methyl sites for hydroxylation is 2. The molecule has 1 aliphatic heterocycles. The summed E-state index contributed by atoms with van der Waals surface area (Å²) in [5, 5.41) is 4.54. The minimum atomic E-state index is 0.198. The molecule has 0 bridgehead atoms. The van der Waals surface area contributed by atoms with Crippen molar-refractivity contribution in [2.24, 2.45) is 0 Å². The van der Waals surface area contributed by atoms with Crippen LogP contribution in [0.3, 0.4) is 0 Å². The van der Waals surface area contributed by atoms with Crippen molar-refractivity contribution in [1.29, 1.82) is 0 Å². The monoisotopic (exact) mass is 327 g/mol. The first-order valence-corrected chi connectivity index (χ1v) is 8.50. The second-order valence-corrected chi connectivity index (χ2v) is 6.52. The smallest absolute Gasteiger partial charge is 0.227 e. The summed E-state index contributed by atoms with van der Waals surface area (Å²) in [4.78, 5) is 14.8. The van der Waals surface area contributed by atoms with E-state index in [9.17, 15) is 4.79 Å². The van der Waals surface area contributed by atoms with E-state index in [0.717, 1.165) is 48.6 Å². The summed E-state index contributed by atoms with van der Waals surface area (Å²) in [6, 6.07) is 10.1. The van der Waals surface area contributed by atoms with Crippen LogP contribution in [0.25, 0.3) is 0 Å². The molecular weight excluding hydrogens is 302 g/mol. The Morgan fingerprint density at radius 2 is 2.04 bits per heavy atom. The van der Waals surface area contributed by atoms with Gasteiger partial charge in [0, 0.05) is 12.2 Å². The molecule has 0 N–H and O–H groups in total. The second kappa shape index (κ2) is 7.07. The van der Waals surface area contributed by atoms with Gasteiger partial charge in [0.1, 0.15) is 5.75 Å². The maximum atomic E-state index is 12.7. The summed E-state index contributed by atoms with van der Waals surface area (Å²) in [6.45, 7) is 5.70. The molecule has 0 spiro atoms. The molecule has 0 saturated carbocycles. The molecule has 2 aromatic rings. The van der Waals surface area contributed by atoms with Crippen molar-refractivity contribution in [1.82, 2.24) is 14.7 Å². The number of carbonyl (C=O) groups excluding carboxylic acids is 1. The van der Waals surface area contributed by atoms with E-state index >= 15 is 0 Å². The minimum Gasteiger partial charge on any atom is -0.497 e. The molecular formula is C19H25N3O2. The molecule has 2 heterocycles. The van der Waals surface area contributed by atoms with Crippen LogP contribution >= 0.6 is 0 Å². The molecule has 3 rings (SSSR count). The summed E-state index contributed by atoms with van der Waals surface area (Å²) >= 11 is 0. The number of rotatable bonds is 5. The summed E-state index contributed by atoms with van der Waals surface area (Å²) in [7, 11) is 1.65. The van der Waals surface area contributed by atoms with E-state index < -0.39 is 0 Å². The number of benzene rings is 1. The lowest BCUT2D eigenvalue weighted by Gasteiger charge is -2.25. The zero-order chi connectivity index (χ0) is 17.1. The molecule has 1 atom stereocenters. The zero-order valence-corrected chi connectivity index (χ0v) is 14.7. The van der Waals surface area contributed by atoms with Crippen LogP contribution < -0.4 is 4.74 Å². The molecule has 24 heavy (non-hydrogen) atoms. The number of hydrogen-bond donors (Lipinski definition) is 0. The molecule has 0 unspecified atom stereocenters. The zero-order valence-electron chi connectivity index (χ0n) is 14.7. The molecule has 0 aliphatic carbocycles. The molecule has 1 saturated heterocycles. The number of nitrogens with zero attached hydrogens (tertiary/aromatic N) is 3. The number of aromatic nitrogens is 2.